The molecular formula is C19H16N4O. The molecule has 1 aliphatic heterocycles. The third-order valence-electron chi connectivity index (χ3n) is 4.68. The zero-order valence-corrected chi connectivity index (χ0v) is 13.3. The van der Waals surface area contributed by atoms with Crippen LogP contribution in [0.3, 0.4) is 0 Å². The van der Waals surface area contributed by atoms with Gasteiger partial charge in [-0.05, 0) is 36.8 Å². The van der Waals surface area contributed by atoms with Crippen molar-refractivity contribution in [3.05, 3.63) is 47.7 Å². The van der Waals surface area contributed by atoms with E-state index in [2.05, 4.69) is 32.7 Å². The van der Waals surface area contributed by atoms with Gasteiger partial charge in [0.05, 0.1) is 17.9 Å². The monoisotopic (exact) mass is 316 g/mol. The van der Waals surface area contributed by atoms with Crippen molar-refractivity contribution in [3.8, 4) is 11.5 Å². The fourth-order valence-corrected chi connectivity index (χ4v) is 3.32. The summed E-state index contributed by atoms with van der Waals surface area (Å²) in [5.41, 5.74) is 12.6. The van der Waals surface area contributed by atoms with Crippen molar-refractivity contribution in [1.82, 2.24) is 9.55 Å². The zero-order valence-electron chi connectivity index (χ0n) is 13.3. The number of aryl methyl sites for hydroxylation is 1. The first-order valence-electron chi connectivity index (χ1n) is 8.00. The maximum absolute atomic E-state index is 6.13. The molecule has 3 heterocycles. The Morgan fingerprint density at radius 3 is 3.00 bits per heavy atom. The molecular weight excluding hydrogens is 300 g/mol. The maximum Gasteiger partial charge on any atom is 0.227 e. The van der Waals surface area contributed by atoms with Gasteiger partial charge in [0, 0.05) is 29.2 Å². The van der Waals surface area contributed by atoms with Gasteiger partial charge in [-0.15, -0.1) is 0 Å². The van der Waals surface area contributed by atoms with E-state index in [4.69, 9.17) is 10.2 Å². The highest BCUT2D eigenvalue weighted by Crippen LogP contribution is 2.31. The summed E-state index contributed by atoms with van der Waals surface area (Å²) in [6, 6.07) is 12.3. The Labute approximate surface area is 138 Å². The Morgan fingerprint density at radius 1 is 1.17 bits per heavy atom. The van der Waals surface area contributed by atoms with E-state index in [0.717, 1.165) is 41.0 Å². The first-order valence-corrected chi connectivity index (χ1v) is 8.00. The van der Waals surface area contributed by atoms with Gasteiger partial charge in [0.15, 0.2) is 5.58 Å². The van der Waals surface area contributed by atoms with Crippen LogP contribution in [0.2, 0.25) is 0 Å². The molecule has 4 aromatic rings. The molecule has 0 aliphatic carbocycles. The quantitative estimate of drug-likeness (QED) is 0.543. The fraction of sp³-hybridized carbons (Fsp3) is 0.158. The first-order chi connectivity index (χ1) is 11.7. The molecule has 0 spiro atoms. The lowest BCUT2D eigenvalue weighted by Gasteiger charge is -2.10. The summed E-state index contributed by atoms with van der Waals surface area (Å²) in [5.74, 6) is 0.601. The summed E-state index contributed by atoms with van der Waals surface area (Å²) in [7, 11) is 0. The van der Waals surface area contributed by atoms with E-state index in [1.807, 2.05) is 31.3 Å². The summed E-state index contributed by atoms with van der Waals surface area (Å²) in [6.07, 6.45) is 1.94. The largest absolute Gasteiger partial charge is 0.436 e. The minimum absolute atomic E-state index is 0.601. The van der Waals surface area contributed by atoms with Gasteiger partial charge in [-0.1, -0.05) is 12.1 Å². The molecule has 118 valence electrons. The molecule has 1 aliphatic rings. The fourth-order valence-electron chi connectivity index (χ4n) is 3.32. The van der Waals surface area contributed by atoms with Crippen LogP contribution in [-0.4, -0.2) is 22.3 Å². The molecule has 0 radical (unpaired) electrons. The van der Waals surface area contributed by atoms with E-state index in [1.165, 1.54) is 10.9 Å². The lowest BCUT2D eigenvalue weighted by Crippen LogP contribution is -2.09. The van der Waals surface area contributed by atoms with Gasteiger partial charge < -0.3 is 14.7 Å². The van der Waals surface area contributed by atoms with E-state index in [-0.39, 0.29) is 0 Å². The Morgan fingerprint density at radius 2 is 2.08 bits per heavy atom. The number of fused-ring (bicyclic) bond motifs is 4. The Hall–Kier alpha value is -3.08. The van der Waals surface area contributed by atoms with Crippen molar-refractivity contribution in [2.24, 2.45) is 4.99 Å². The van der Waals surface area contributed by atoms with E-state index < -0.39 is 0 Å². The van der Waals surface area contributed by atoms with Gasteiger partial charge in [-0.25, -0.2) is 4.98 Å². The van der Waals surface area contributed by atoms with Crippen LogP contribution >= 0.6 is 0 Å². The molecule has 0 saturated carbocycles. The number of hydrogen-bond donors (Lipinski definition) is 1. The number of benzene rings is 2. The number of oxazole rings is 1. The number of nitrogens with zero attached hydrogens (tertiary/aromatic N) is 3. The Bertz CT molecular complexity index is 1130. The molecule has 5 rings (SSSR count). The molecule has 2 aromatic carbocycles. The third kappa shape index (κ3) is 1.81. The van der Waals surface area contributed by atoms with Gasteiger partial charge >= 0.3 is 0 Å². The van der Waals surface area contributed by atoms with Crippen LogP contribution in [0.25, 0.3) is 33.5 Å². The molecule has 0 amide bonds. The SMILES string of the molecule is Cc1ccc2oc(-c3ccc4cc5n(c4c3)CCN=C5)nc2c1N. The highest BCUT2D eigenvalue weighted by atomic mass is 16.3. The molecule has 5 nitrogen and oxygen atoms in total. The molecule has 24 heavy (non-hydrogen) atoms. The summed E-state index contributed by atoms with van der Waals surface area (Å²) in [4.78, 5) is 8.97. The molecule has 2 N–H and O–H groups in total. The van der Waals surface area contributed by atoms with E-state index in [9.17, 15) is 0 Å². The molecule has 0 unspecified atom stereocenters. The second kappa shape index (κ2) is 4.71. The van der Waals surface area contributed by atoms with Gasteiger partial charge in [0.2, 0.25) is 5.89 Å². The smallest absolute Gasteiger partial charge is 0.227 e. The Balaban J connectivity index is 1.71. The summed E-state index contributed by atoms with van der Waals surface area (Å²) >= 11 is 0. The number of rotatable bonds is 1. The molecule has 0 bridgehead atoms. The number of anilines is 1. The van der Waals surface area contributed by atoms with Crippen LogP contribution in [0.15, 0.2) is 45.8 Å². The molecule has 0 fully saturated rings. The average Bonchev–Trinajstić information content (AvgIpc) is 3.19. The number of aromatic nitrogens is 2. The van der Waals surface area contributed by atoms with Gasteiger partial charge in [-0.3, -0.25) is 4.99 Å². The van der Waals surface area contributed by atoms with Crippen molar-refractivity contribution >= 4 is 33.9 Å². The lowest BCUT2D eigenvalue weighted by atomic mass is 10.1. The van der Waals surface area contributed by atoms with Crippen LogP contribution in [0, 0.1) is 6.92 Å². The lowest BCUT2D eigenvalue weighted by molar-refractivity contribution is 0.620. The average molecular weight is 316 g/mol. The van der Waals surface area contributed by atoms with Gasteiger partial charge in [-0.2, -0.15) is 0 Å². The van der Waals surface area contributed by atoms with Crippen LogP contribution in [0.4, 0.5) is 5.69 Å². The number of hydrogen-bond acceptors (Lipinski definition) is 4. The van der Waals surface area contributed by atoms with E-state index in [0.29, 0.717) is 11.6 Å². The normalized spacial score (nSPS) is 13.7. The molecule has 0 saturated heterocycles. The predicted molar refractivity (Wildman–Crippen MR) is 96.6 cm³/mol. The number of nitrogen functional groups attached to an aromatic ring is 1. The highest BCUT2D eigenvalue weighted by molar-refractivity contribution is 5.94. The maximum atomic E-state index is 6.13. The van der Waals surface area contributed by atoms with Crippen LogP contribution in [0.1, 0.15) is 11.3 Å². The molecule has 5 heteroatoms. The van der Waals surface area contributed by atoms with Crippen molar-refractivity contribution < 1.29 is 4.42 Å². The van der Waals surface area contributed by atoms with Crippen LogP contribution in [-0.2, 0) is 6.54 Å². The summed E-state index contributed by atoms with van der Waals surface area (Å²) < 4.78 is 8.22. The molecule has 2 aromatic heterocycles. The highest BCUT2D eigenvalue weighted by Gasteiger charge is 2.15. The minimum Gasteiger partial charge on any atom is -0.436 e. The standard InChI is InChI=1S/C19H16N4O/c1-11-2-5-16-18(17(11)20)22-19(24-16)13-4-3-12-8-14-10-21-6-7-23(14)15(12)9-13/h2-5,8-10H,6-7,20H2,1H3. The second-order valence-corrected chi connectivity index (χ2v) is 6.19. The topological polar surface area (TPSA) is 69.3 Å². The van der Waals surface area contributed by atoms with Gasteiger partial charge in [0.1, 0.15) is 5.52 Å². The van der Waals surface area contributed by atoms with Crippen molar-refractivity contribution in [2.75, 3.05) is 12.3 Å². The summed E-state index contributed by atoms with van der Waals surface area (Å²) in [5, 5.41) is 1.20. The van der Waals surface area contributed by atoms with Crippen molar-refractivity contribution in [1.29, 1.82) is 0 Å². The minimum atomic E-state index is 0.601. The third-order valence-corrected chi connectivity index (χ3v) is 4.68. The number of aliphatic imine (C=N–C) groups is 1. The van der Waals surface area contributed by atoms with Crippen molar-refractivity contribution in [3.63, 3.8) is 0 Å². The van der Waals surface area contributed by atoms with Crippen LogP contribution < -0.4 is 5.73 Å². The first kappa shape index (κ1) is 13.4. The predicted octanol–water partition coefficient (Wildman–Crippen LogP) is 3.77. The van der Waals surface area contributed by atoms with Gasteiger partial charge in [0.25, 0.3) is 0 Å². The summed E-state index contributed by atoms with van der Waals surface area (Å²) in [6.45, 7) is 3.70. The Kier molecular flexibility index (Phi) is 2.62. The van der Waals surface area contributed by atoms with Crippen molar-refractivity contribution in [2.45, 2.75) is 13.5 Å². The van der Waals surface area contributed by atoms with Crippen LogP contribution in [0.5, 0.6) is 0 Å². The molecule has 0 atom stereocenters. The van der Waals surface area contributed by atoms with E-state index in [1.54, 1.807) is 0 Å². The van der Waals surface area contributed by atoms with E-state index >= 15 is 0 Å². The number of nitrogens with two attached hydrogens (primary N) is 1. The zero-order chi connectivity index (χ0) is 16.3. The second-order valence-electron chi connectivity index (χ2n) is 6.19.